The number of rotatable bonds is 7. The molecule has 8 aromatic carbocycles. The molecule has 0 bridgehead atoms. The largest absolute Gasteiger partial charge is 0.394 e. The van der Waals surface area contributed by atoms with E-state index in [4.69, 9.17) is 37.0 Å². The number of halogens is 1. The number of pyridine rings is 4. The predicted molar refractivity (Wildman–Crippen MR) is 461 cm³/mol. The number of anilines is 4. The van der Waals surface area contributed by atoms with Crippen molar-refractivity contribution in [1.82, 2.24) is 15.0 Å². The Balaban J connectivity index is 0.000000182. The van der Waals surface area contributed by atoms with Crippen molar-refractivity contribution in [2.75, 3.05) is 44.4 Å². The standard InChI is InChI=1S/C20H18N3O3S.C20H17N3O3S.C20H17N3O2S.C10H8ClNO2S.C10H10N2.C4H6O3.3CH4/c1-13-9-16(21-3)10-18-17(13)7-8-23(18)27(25,26)19-6-4-5-15-12-22(24)11-14(2)20(15)19;1-12-9-14(21-3)10-17-15(12)7-8-23(17)27(25,26)18-6-4-5-16-19(18)13(2)11-22-20(16)24;1-13-9-16(21-3)10-18-17(13)7-8-23(18)26(24,25)19-6-4-5-15-12-22-11-14(2)20(15)19;1-7-5-12-6-8-3-2-4-9(10(7)8)15(11,13)14;1-7-5-8(11-2)6-10-9(7)3-4-12-10;1-3(5)7-4(2)6;;;/h4-6,9-12,24H,7-8H2,1-2H3;4-6,9-11H,7-8H2,1-2H3,(H,22,24);4-6,9-12H,7-8H2,1-2H3;2-6H,1H3;5-6,12H,3-4H2,1H3;1-2H3;3*1H4/q+1;;;;;;;;. The lowest BCUT2D eigenvalue weighted by atomic mass is 10.1. The number of esters is 2. The molecule has 117 heavy (non-hydrogen) atoms. The van der Waals surface area contributed by atoms with Crippen LogP contribution in [0, 0.1) is 81.7 Å². The third kappa shape index (κ3) is 18.5. The van der Waals surface area contributed by atoms with Crippen LogP contribution in [0.2, 0.25) is 0 Å². The first-order valence-electron chi connectivity index (χ1n) is 35.5. The van der Waals surface area contributed by atoms with Gasteiger partial charge in [0.25, 0.3) is 44.7 Å². The lowest BCUT2D eigenvalue weighted by Crippen LogP contribution is -2.31. The second kappa shape index (κ2) is 36.5. The van der Waals surface area contributed by atoms with Crippen molar-refractivity contribution in [3.63, 3.8) is 0 Å². The molecule has 4 aliphatic heterocycles. The van der Waals surface area contributed by atoms with Gasteiger partial charge in [0.05, 0.1) is 51.3 Å². The van der Waals surface area contributed by atoms with Gasteiger partial charge in [-0.25, -0.2) is 53.1 Å². The van der Waals surface area contributed by atoms with E-state index in [0.29, 0.717) is 116 Å². The molecule has 0 saturated heterocycles. The van der Waals surface area contributed by atoms with Crippen molar-refractivity contribution >= 4 is 150 Å². The number of carbonyl (C=O) groups excluding carboxylic acids is 2. The van der Waals surface area contributed by atoms with Crippen molar-refractivity contribution in [2.24, 2.45) is 0 Å². The minimum absolute atomic E-state index is 0. The predicted octanol–water partition coefficient (Wildman–Crippen LogP) is 17.9. The minimum atomic E-state index is -3.88. The summed E-state index contributed by atoms with van der Waals surface area (Å²) in [7, 11) is -9.78. The molecule has 0 atom stereocenters. The molecule has 0 saturated carbocycles. The highest BCUT2D eigenvalue weighted by Gasteiger charge is 2.37. The number of aromatic nitrogens is 4. The second-order valence-corrected chi connectivity index (χ2v) is 35.4. The summed E-state index contributed by atoms with van der Waals surface area (Å²) < 4.78 is 113. The van der Waals surface area contributed by atoms with Gasteiger partial charge in [-0.1, -0.05) is 105 Å². The van der Waals surface area contributed by atoms with E-state index in [1.54, 1.807) is 130 Å². The molecule has 0 amide bonds. The zero-order chi connectivity index (χ0) is 82.6. The molecule has 12 aromatic rings. The van der Waals surface area contributed by atoms with Crippen molar-refractivity contribution < 1.29 is 57.9 Å². The highest BCUT2D eigenvalue weighted by Crippen LogP contribution is 2.44. The van der Waals surface area contributed by atoms with Gasteiger partial charge in [-0.05, 0) is 181 Å². The molecule has 16 rings (SSSR count). The van der Waals surface area contributed by atoms with Crippen LogP contribution in [-0.4, -0.2) is 91.9 Å². The molecule has 604 valence electrons. The molecule has 30 heteroatoms. The fourth-order valence-corrected chi connectivity index (χ4v) is 21.2. The van der Waals surface area contributed by atoms with Gasteiger partial charge in [0.15, 0.2) is 22.7 Å². The summed E-state index contributed by atoms with van der Waals surface area (Å²) in [6.45, 7) is 48.2. The molecule has 4 aromatic heterocycles. The third-order valence-corrected chi connectivity index (χ3v) is 26.7. The number of nitrogens with zero attached hydrogens (tertiary/aromatic N) is 10. The number of benzene rings is 8. The summed E-state index contributed by atoms with van der Waals surface area (Å²) in [6.07, 6.45) is 14.1. The Kier molecular flexibility index (Phi) is 28.0. The van der Waals surface area contributed by atoms with Crippen molar-refractivity contribution in [3.05, 3.63) is 287 Å². The molecule has 4 aliphatic rings. The number of carbonyl (C=O) groups is 2. The number of H-pyrrole nitrogens is 1. The molecule has 0 spiro atoms. The first-order valence-corrected chi connectivity index (χ1v) is 42.1. The maximum Gasteiger partial charge on any atom is 0.310 e. The number of aryl methyl sites for hydroxylation is 8. The highest BCUT2D eigenvalue weighted by molar-refractivity contribution is 8.14. The Morgan fingerprint density at radius 2 is 0.829 bits per heavy atom. The minimum Gasteiger partial charge on any atom is -0.394 e. The first kappa shape index (κ1) is 89.9. The summed E-state index contributed by atoms with van der Waals surface area (Å²) in [4.78, 5) is 57.1. The zero-order valence-electron chi connectivity index (χ0n) is 63.6. The Labute approximate surface area is 687 Å². The number of hydrogen-bond donors (Lipinski definition) is 3. The molecular weight excluding hydrogens is 1580 g/mol. The number of fused-ring (bicyclic) bond motifs is 8. The fourth-order valence-electron chi connectivity index (χ4n) is 14.7. The normalized spacial score (nSPS) is 12.7. The van der Waals surface area contributed by atoms with Crippen molar-refractivity contribution in [3.8, 4) is 0 Å². The van der Waals surface area contributed by atoms with E-state index in [1.807, 2.05) is 52.0 Å². The lowest BCUT2D eigenvalue weighted by Gasteiger charge is -2.21. The number of hydrogen-bond acceptors (Lipinski definition) is 16. The van der Waals surface area contributed by atoms with Crippen LogP contribution in [0.4, 0.5) is 45.5 Å². The molecule has 25 nitrogen and oxygen atoms in total. The van der Waals surface area contributed by atoms with Crippen LogP contribution in [0.1, 0.15) is 103 Å². The zero-order valence-corrected chi connectivity index (χ0v) is 67.6. The SMILES string of the molecule is C.C.C.CC(=O)OC(C)=O.Cc1cncc2cccc(S(=O)(=O)Cl)c12.[C-]#[N+]c1cc(C)c2c(c1)N(S(=O)(=O)c1cccc3c(=O)[nH]cc(C)c13)CC2.[C-]#[N+]c1cc(C)c2c(c1)N(S(=O)(=O)c1cccc3c[n+](O)cc(C)c13)CC2.[C-]#[N+]c1cc(C)c2c(c1)N(S(=O)(=O)c1cccc3cncc(C)c13)CC2.[C-]#[N+]c1cc(C)c2c(c1)NCC2. The monoisotopic (exact) mass is 1670 g/mol. The van der Waals surface area contributed by atoms with E-state index >= 15 is 0 Å². The highest BCUT2D eigenvalue weighted by atomic mass is 35.7. The topological polar surface area (TPSA) is 302 Å². The summed E-state index contributed by atoms with van der Waals surface area (Å²) in [5.74, 6) is -1.12. The average molecular weight is 1670 g/mol. The van der Waals surface area contributed by atoms with Crippen LogP contribution in [0.3, 0.4) is 0 Å². The molecule has 3 N–H and O–H groups in total. The van der Waals surface area contributed by atoms with Gasteiger partial charge in [-0.15, -0.1) is 0 Å². The van der Waals surface area contributed by atoms with Gasteiger partial charge < -0.3 is 15.0 Å². The van der Waals surface area contributed by atoms with Gasteiger partial charge in [0.2, 0.25) is 12.4 Å². The second-order valence-electron chi connectivity index (χ2n) is 27.3. The summed E-state index contributed by atoms with van der Waals surface area (Å²) >= 11 is 0. The summed E-state index contributed by atoms with van der Waals surface area (Å²) in [6, 6.07) is 34.2. The number of aromatic amines is 1. The summed E-state index contributed by atoms with van der Waals surface area (Å²) in [5.41, 5.74) is 16.0. The van der Waals surface area contributed by atoms with E-state index < -0.39 is 51.1 Å². The van der Waals surface area contributed by atoms with Gasteiger partial charge in [0.1, 0.15) is 0 Å². The van der Waals surface area contributed by atoms with Gasteiger partial charge >= 0.3 is 11.9 Å². The van der Waals surface area contributed by atoms with Crippen LogP contribution in [0.25, 0.3) is 62.5 Å². The Morgan fingerprint density at radius 3 is 1.23 bits per heavy atom. The van der Waals surface area contributed by atoms with E-state index in [0.717, 1.165) is 84.4 Å². The van der Waals surface area contributed by atoms with Crippen LogP contribution >= 0.6 is 10.7 Å². The molecular formula is C87H88ClN12O13S4+. The summed E-state index contributed by atoms with van der Waals surface area (Å²) in [5, 5.41) is 18.0. The maximum absolute atomic E-state index is 13.5. The lowest BCUT2D eigenvalue weighted by molar-refractivity contribution is -0.904. The number of nitrogens with one attached hydrogen (secondary N) is 2. The number of sulfonamides is 3. The van der Waals surface area contributed by atoms with E-state index in [1.165, 1.54) is 68.6 Å². The van der Waals surface area contributed by atoms with Crippen LogP contribution in [0.5, 0.6) is 0 Å². The number of ether oxygens (including phenoxy) is 1. The molecule has 0 radical (unpaired) electrons. The van der Waals surface area contributed by atoms with E-state index in [-0.39, 0.29) is 47.4 Å². The van der Waals surface area contributed by atoms with Gasteiger partial charge in [0, 0.05) is 152 Å². The molecule has 8 heterocycles. The first-order chi connectivity index (χ1) is 54.0. The van der Waals surface area contributed by atoms with Gasteiger partial charge in [-0.2, -0.15) is 0 Å². The van der Waals surface area contributed by atoms with Crippen LogP contribution in [-0.2, 0) is 79.1 Å². The van der Waals surface area contributed by atoms with Crippen LogP contribution in [0.15, 0.2) is 189 Å². The molecule has 0 unspecified atom stereocenters. The van der Waals surface area contributed by atoms with Crippen LogP contribution < -0.4 is 28.5 Å². The fraction of sp³-hybridized carbons (Fsp3) is 0.241. The Hall–Kier alpha value is -12.6. The van der Waals surface area contributed by atoms with Gasteiger partial charge in [-0.3, -0.25) is 42.5 Å². The van der Waals surface area contributed by atoms with Crippen molar-refractivity contribution in [1.29, 1.82) is 0 Å². The average Bonchev–Trinajstić information content (AvgIpc) is 1.71. The third-order valence-electron chi connectivity index (χ3n) is 19.7. The molecule has 0 fully saturated rings. The van der Waals surface area contributed by atoms with Crippen molar-refractivity contribution in [2.45, 2.75) is 137 Å². The Bertz CT molecular complexity index is 6710. The smallest absolute Gasteiger partial charge is 0.310 e. The Morgan fingerprint density at radius 1 is 0.462 bits per heavy atom. The molecule has 0 aliphatic carbocycles. The van der Waals surface area contributed by atoms with E-state index in [2.05, 4.69) is 51.3 Å². The van der Waals surface area contributed by atoms with E-state index in [9.17, 15) is 53.3 Å². The quantitative estimate of drug-likeness (QED) is 0.0333. The maximum atomic E-state index is 13.5.